The first-order valence-corrected chi connectivity index (χ1v) is 10.6. The molecule has 4 aromatic rings. The number of benzene rings is 2. The van der Waals surface area contributed by atoms with Gasteiger partial charge in [-0.05, 0) is 29.0 Å². The molecule has 2 unspecified atom stereocenters. The van der Waals surface area contributed by atoms with Gasteiger partial charge in [-0.3, -0.25) is 9.89 Å². The molecule has 1 amide bonds. The van der Waals surface area contributed by atoms with Crippen LogP contribution in [0, 0.1) is 28.6 Å². The normalized spacial score (nSPS) is 16.8. The van der Waals surface area contributed by atoms with E-state index in [9.17, 15) is 20.4 Å². The minimum Gasteiger partial charge on any atom is -0.505 e. The average molecular weight is 476 g/mol. The molecule has 1 aliphatic rings. The highest BCUT2D eigenvalue weighted by Crippen LogP contribution is 2.38. The van der Waals surface area contributed by atoms with E-state index in [1.54, 1.807) is 54.7 Å². The summed E-state index contributed by atoms with van der Waals surface area (Å²) in [6.45, 7) is 0. The number of H-pyrrole nitrogens is 1. The Bertz CT molecular complexity index is 1600. The molecule has 0 saturated carbocycles. The minimum absolute atomic E-state index is 0.0218. The summed E-state index contributed by atoms with van der Waals surface area (Å²) < 4.78 is 0. The fraction of sp³-hybridized carbons (Fsp3) is 0.0833. The Balaban J connectivity index is 1.54. The maximum absolute atomic E-state index is 13.2. The molecule has 3 N–H and O–H groups in total. The number of pyridine rings is 1. The number of fused-ring (bicyclic) bond motifs is 1. The standard InChI is InChI=1S/C24H16N10O2/c25-10-15-12-28-32-22(15)30-24(36)20-17-6-2-1-5-14(17)9-18(21(20)35)31-33-23-16(11-26)13-29-34(23)19-7-3-4-8-27-19/h1-9,12-13,16,23,35H,(H2,28,30,32,36)/b33-31+. The molecular formula is C24H16N10O2. The number of aromatic nitrogens is 3. The van der Waals surface area contributed by atoms with Gasteiger partial charge in [0.05, 0.1) is 17.8 Å². The fourth-order valence-electron chi connectivity index (χ4n) is 3.74. The van der Waals surface area contributed by atoms with Crippen LogP contribution >= 0.6 is 0 Å². The molecule has 0 radical (unpaired) electrons. The van der Waals surface area contributed by atoms with Crippen molar-refractivity contribution in [3.05, 3.63) is 72.1 Å². The van der Waals surface area contributed by atoms with Crippen molar-refractivity contribution in [3.63, 3.8) is 0 Å². The second-order valence-corrected chi connectivity index (χ2v) is 7.65. The lowest BCUT2D eigenvalue weighted by molar-refractivity contribution is 0.102. The Morgan fingerprint density at radius 3 is 2.81 bits per heavy atom. The number of nitrogens with one attached hydrogen (secondary N) is 2. The quantitative estimate of drug-likeness (QED) is 0.366. The lowest BCUT2D eigenvalue weighted by Gasteiger charge is -2.19. The molecule has 174 valence electrons. The zero-order chi connectivity index (χ0) is 25.1. The van der Waals surface area contributed by atoms with E-state index in [1.807, 2.05) is 6.07 Å². The highest BCUT2D eigenvalue weighted by molar-refractivity contribution is 6.16. The minimum atomic E-state index is -0.823. The number of hydrazone groups is 1. The number of azo groups is 1. The van der Waals surface area contributed by atoms with Crippen LogP contribution in [0.3, 0.4) is 0 Å². The Morgan fingerprint density at radius 1 is 1.19 bits per heavy atom. The maximum Gasteiger partial charge on any atom is 0.261 e. The number of carbonyl (C=O) groups excluding carboxylic acids is 1. The van der Waals surface area contributed by atoms with Crippen LogP contribution in [0.4, 0.5) is 17.3 Å². The lowest BCUT2D eigenvalue weighted by Crippen LogP contribution is -2.30. The zero-order valence-electron chi connectivity index (χ0n) is 18.4. The number of hydrogen-bond acceptors (Lipinski definition) is 10. The molecule has 2 aromatic carbocycles. The molecule has 0 aliphatic carbocycles. The van der Waals surface area contributed by atoms with E-state index < -0.39 is 23.7 Å². The molecule has 1 aliphatic heterocycles. The van der Waals surface area contributed by atoms with E-state index in [0.29, 0.717) is 16.6 Å². The predicted octanol–water partition coefficient (Wildman–Crippen LogP) is 3.84. The van der Waals surface area contributed by atoms with Crippen molar-refractivity contribution in [2.75, 3.05) is 10.3 Å². The van der Waals surface area contributed by atoms with Crippen LogP contribution in [0.15, 0.2) is 76.3 Å². The molecule has 2 atom stereocenters. The predicted molar refractivity (Wildman–Crippen MR) is 129 cm³/mol. The Morgan fingerprint density at radius 2 is 2.03 bits per heavy atom. The number of phenols is 1. The van der Waals surface area contributed by atoms with Crippen LogP contribution in [0.25, 0.3) is 10.8 Å². The van der Waals surface area contributed by atoms with Gasteiger partial charge in [0.2, 0.25) is 0 Å². The third-order valence-electron chi connectivity index (χ3n) is 5.47. The molecule has 2 aromatic heterocycles. The van der Waals surface area contributed by atoms with Crippen molar-refractivity contribution in [3.8, 4) is 17.9 Å². The van der Waals surface area contributed by atoms with E-state index in [-0.39, 0.29) is 22.6 Å². The molecule has 0 saturated heterocycles. The molecular weight excluding hydrogens is 460 g/mol. The Hall–Kier alpha value is -5.62. The summed E-state index contributed by atoms with van der Waals surface area (Å²) in [7, 11) is 0. The van der Waals surface area contributed by atoms with Gasteiger partial charge in [-0.15, -0.1) is 5.11 Å². The number of carbonyl (C=O) groups is 1. The Kier molecular flexibility index (Phi) is 5.75. The molecule has 0 fully saturated rings. The Labute approximate surface area is 203 Å². The second-order valence-electron chi connectivity index (χ2n) is 7.65. The van der Waals surface area contributed by atoms with E-state index in [4.69, 9.17) is 0 Å². The van der Waals surface area contributed by atoms with Crippen LogP contribution in [-0.2, 0) is 0 Å². The van der Waals surface area contributed by atoms with Gasteiger partial charge in [-0.1, -0.05) is 30.3 Å². The molecule has 12 heteroatoms. The monoisotopic (exact) mass is 476 g/mol. The third-order valence-corrected chi connectivity index (χ3v) is 5.47. The lowest BCUT2D eigenvalue weighted by atomic mass is 10.0. The first-order valence-electron chi connectivity index (χ1n) is 10.6. The van der Waals surface area contributed by atoms with Gasteiger partial charge in [0, 0.05) is 12.4 Å². The van der Waals surface area contributed by atoms with Crippen molar-refractivity contribution in [1.29, 1.82) is 10.5 Å². The molecule has 0 spiro atoms. The summed E-state index contributed by atoms with van der Waals surface area (Å²) in [4.78, 5) is 17.4. The number of aromatic amines is 1. The third kappa shape index (κ3) is 3.95. The van der Waals surface area contributed by atoms with Gasteiger partial charge in [0.1, 0.15) is 29.1 Å². The van der Waals surface area contributed by atoms with Gasteiger partial charge >= 0.3 is 0 Å². The van der Waals surface area contributed by atoms with Crippen molar-refractivity contribution in [1.82, 2.24) is 15.2 Å². The van der Waals surface area contributed by atoms with Crippen LogP contribution in [0.1, 0.15) is 15.9 Å². The van der Waals surface area contributed by atoms with Crippen LogP contribution in [0.2, 0.25) is 0 Å². The van der Waals surface area contributed by atoms with Crippen LogP contribution in [-0.4, -0.2) is 38.6 Å². The van der Waals surface area contributed by atoms with Crippen molar-refractivity contribution < 1.29 is 9.90 Å². The number of nitrogens with zero attached hydrogens (tertiary/aromatic N) is 8. The second kappa shape index (κ2) is 9.32. The summed E-state index contributed by atoms with van der Waals surface area (Å²) in [5.74, 6) is -1.21. The van der Waals surface area contributed by atoms with Gasteiger partial charge < -0.3 is 10.4 Å². The smallest absolute Gasteiger partial charge is 0.261 e. The number of rotatable bonds is 5. The molecule has 3 heterocycles. The molecule has 12 nitrogen and oxygen atoms in total. The van der Waals surface area contributed by atoms with Crippen molar-refractivity contribution in [2.24, 2.45) is 21.2 Å². The number of amides is 1. The fourth-order valence-corrected chi connectivity index (χ4v) is 3.74. The zero-order valence-corrected chi connectivity index (χ0v) is 18.4. The van der Waals surface area contributed by atoms with Gasteiger partial charge in [-0.2, -0.15) is 25.8 Å². The van der Waals surface area contributed by atoms with Gasteiger partial charge in [0.25, 0.3) is 5.91 Å². The largest absolute Gasteiger partial charge is 0.505 e. The van der Waals surface area contributed by atoms with Crippen LogP contribution in [0.5, 0.6) is 5.75 Å². The summed E-state index contributed by atoms with van der Waals surface area (Å²) in [6, 6.07) is 17.8. The molecule has 36 heavy (non-hydrogen) atoms. The van der Waals surface area contributed by atoms with Crippen molar-refractivity contribution >= 4 is 40.2 Å². The topological polar surface area (TPSA) is 179 Å². The highest BCUT2D eigenvalue weighted by Gasteiger charge is 2.33. The molecule has 0 bridgehead atoms. The summed E-state index contributed by atoms with van der Waals surface area (Å²) in [5.41, 5.74) is 0.108. The first-order chi connectivity index (χ1) is 17.6. The summed E-state index contributed by atoms with van der Waals surface area (Å²) >= 11 is 0. The number of phenolic OH excluding ortho intramolecular Hbond substituents is 1. The number of anilines is 2. The summed E-state index contributed by atoms with van der Waals surface area (Å²) in [6.07, 6.45) is 3.50. The average Bonchev–Trinajstić information content (AvgIpc) is 3.54. The van der Waals surface area contributed by atoms with Crippen LogP contribution < -0.4 is 10.3 Å². The van der Waals surface area contributed by atoms with Gasteiger partial charge in [0.15, 0.2) is 17.7 Å². The SMILES string of the molecule is N#Cc1cn[nH]c1NC(=O)c1c(O)c(/N=N/C2C(C#N)C=NN2c2ccccn2)cc2ccccc12. The van der Waals surface area contributed by atoms with E-state index in [2.05, 4.69) is 41.9 Å². The van der Waals surface area contributed by atoms with E-state index in [0.717, 1.165) is 0 Å². The number of nitriles is 2. The maximum atomic E-state index is 13.2. The van der Waals surface area contributed by atoms with Gasteiger partial charge in [-0.25, -0.2) is 9.99 Å². The van der Waals surface area contributed by atoms with E-state index in [1.165, 1.54) is 17.4 Å². The highest BCUT2D eigenvalue weighted by atomic mass is 16.3. The first kappa shape index (κ1) is 22.2. The van der Waals surface area contributed by atoms with Crippen molar-refractivity contribution in [2.45, 2.75) is 6.17 Å². The summed E-state index contributed by atoms with van der Waals surface area (Å²) in [5, 5.41) is 54.0. The van der Waals surface area contributed by atoms with E-state index >= 15 is 0 Å². The number of aromatic hydroxyl groups is 1. The molecule has 5 rings (SSSR count). The number of hydrogen-bond donors (Lipinski definition) is 3.